The van der Waals surface area contributed by atoms with E-state index in [4.69, 9.17) is 22.3 Å². The van der Waals surface area contributed by atoms with Crippen molar-refractivity contribution in [2.45, 2.75) is 75.5 Å². The van der Waals surface area contributed by atoms with Crippen LogP contribution in [-0.2, 0) is 35.2 Å². The van der Waals surface area contributed by atoms with E-state index in [9.17, 15) is 33.9 Å². The van der Waals surface area contributed by atoms with E-state index in [1.807, 2.05) is 0 Å². The number of carbonyl (C=O) groups is 6. The van der Waals surface area contributed by atoms with Crippen LogP contribution < -0.4 is 33.2 Å². The molecule has 1 rings (SSSR count). The van der Waals surface area contributed by atoms with Gasteiger partial charge in [-0.25, -0.2) is 4.79 Å². The molecule has 0 radical (unpaired) electrons. The molecule has 11 N–H and O–H groups in total. The highest BCUT2D eigenvalue weighted by Crippen LogP contribution is 2.08. The molecule has 14 nitrogen and oxygen atoms in total. The predicted molar refractivity (Wildman–Crippen MR) is 140 cm³/mol. The van der Waals surface area contributed by atoms with Crippen LogP contribution in [0.5, 0.6) is 0 Å². The lowest BCUT2D eigenvalue weighted by Crippen LogP contribution is -2.57. The van der Waals surface area contributed by atoms with Crippen molar-refractivity contribution in [1.82, 2.24) is 16.0 Å². The minimum atomic E-state index is -1.42. The van der Waals surface area contributed by atoms with Crippen molar-refractivity contribution in [3.05, 3.63) is 35.9 Å². The van der Waals surface area contributed by atoms with E-state index in [0.717, 1.165) is 0 Å². The third-order valence-corrected chi connectivity index (χ3v) is 5.80. The van der Waals surface area contributed by atoms with Gasteiger partial charge in [-0.3, -0.25) is 24.0 Å². The summed E-state index contributed by atoms with van der Waals surface area (Å²) in [6.45, 7) is 0.349. The highest BCUT2D eigenvalue weighted by atomic mass is 16.4. The number of hydrogen-bond acceptors (Lipinski definition) is 8. The summed E-state index contributed by atoms with van der Waals surface area (Å²) in [6.07, 6.45) is 0.191. The Morgan fingerprint density at radius 1 is 0.744 bits per heavy atom. The molecule has 1 aromatic rings. The van der Waals surface area contributed by atoms with Gasteiger partial charge in [-0.05, 0) is 44.2 Å². The Hall–Kier alpha value is -4.04. The summed E-state index contributed by atoms with van der Waals surface area (Å²) in [5.74, 6) is -5.49. The molecule has 0 saturated carbocycles. The molecule has 4 atom stereocenters. The number of carbonyl (C=O) groups excluding carboxylic acids is 4. The summed E-state index contributed by atoms with van der Waals surface area (Å²) < 4.78 is 0. The van der Waals surface area contributed by atoms with Crippen molar-refractivity contribution in [2.24, 2.45) is 17.2 Å². The monoisotopic (exact) mass is 550 g/mol. The summed E-state index contributed by atoms with van der Waals surface area (Å²) in [4.78, 5) is 72.4. The van der Waals surface area contributed by atoms with Crippen molar-refractivity contribution >= 4 is 35.6 Å². The van der Waals surface area contributed by atoms with Gasteiger partial charge in [-0.1, -0.05) is 30.3 Å². The summed E-state index contributed by atoms with van der Waals surface area (Å²) >= 11 is 0. The molecule has 4 unspecified atom stereocenters. The van der Waals surface area contributed by atoms with Crippen LogP contribution in [0.25, 0.3) is 0 Å². The molecule has 0 saturated heterocycles. The van der Waals surface area contributed by atoms with E-state index in [1.54, 1.807) is 30.3 Å². The summed E-state index contributed by atoms with van der Waals surface area (Å²) in [5, 5.41) is 25.7. The minimum Gasteiger partial charge on any atom is -0.481 e. The Morgan fingerprint density at radius 2 is 1.33 bits per heavy atom. The first-order chi connectivity index (χ1) is 18.4. The molecule has 1 aromatic carbocycles. The van der Waals surface area contributed by atoms with E-state index in [1.165, 1.54) is 0 Å². The zero-order chi connectivity index (χ0) is 29.4. The average Bonchev–Trinajstić information content (AvgIpc) is 2.88. The maximum absolute atomic E-state index is 13.3. The number of unbranched alkanes of at least 4 members (excludes halogenated alkanes) is 1. The summed E-state index contributed by atoms with van der Waals surface area (Å²) in [6, 6.07) is 3.72. The number of hydrogen-bond donors (Lipinski definition) is 8. The second kappa shape index (κ2) is 17.5. The van der Waals surface area contributed by atoms with Crippen LogP contribution in [0.1, 0.15) is 50.5 Å². The predicted octanol–water partition coefficient (Wildman–Crippen LogP) is -1.65. The average molecular weight is 551 g/mol. The highest BCUT2D eigenvalue weighted by Gasteiger charge is 2.30. The highest BCUT2D eigenvalue weighted by molar-refractivity contribution is 5.94. The second-order valence-electron chi connectivity index (χ2n) is 9.04. The normalized spacial score (nSPS) is 13.8. The molecule has 0 spiro atoms. The van der Waals surface area contributed by atoms with Gasteiger partial charge in [-0.2, -0.15) is 0 Å². The number of aliphatic carboxylic acids is 2. The van der Waals surface area contributed by atoms with Crippen LogP contribution in [0.3, 0.4) is 0 Å². The zero-order valence-corrected chi connectivity index (χ0v) is 21.6. The van der Waals surface area contributed by atoms with Crippen molar-refractivity contribution in [2.75, 3.05) is 6.54 Å². The number of nitrogens with two attached hydrogens (primary N) is 3. The van der Waals surface area contributed by atoms with Gasteiger partial charge in [0.05, 0.1) is 6.04 Å². The van der Waals surface area contributed by atoms with Gasteiger partial charge in [0.15, 0.2) is 0 Å². The van der Waals surface area contributed by atoms with E-state index < -0.39 is 59.7 Å². The molecule has 0 aliphatic rings. The van der Waals surface area contributed by atoms with E-state index in [2.05, 4.69) is 16.0 Å². The molecule has 0 aliphatic carbocycles. The Balaban J connectivity index is 3.10. The molecule has 0 heterocycles. The van der Waals surface area contributed by atoms with E-state index in [0.29, 0.717) is 24.9 Å². The Labute approximate surface area is 226 Å². The number of carboxylic acids is 2. The summed E-state index contributed by atoms with van der Waals surface area (Å²) in [5.41, 5.74) is 17.1. The van der Waals surface area contributed by atoms with Crippen LogP contribution in [0.2, 0.25) is 0 Å². The SMILES string of the molecule is NCCCCC(NC(=O)C(N)CCC(=O)O)C(=O)NC(Cc1ccccc1)C(=O)NC(CCC(N)=O)C(=O)O. The fourth-order valence-corrected chi connectivity index (χ4v) is 3.60. The lowest BCUT2D eigenvalue weighted by atomic mass is 10.0. The number of carboxylic acid groups (broad SMARTS) is 2. The fraction of sp³-hybridized carbons (Fsp3) is 0.520. The standard InChI is InChI=1S/C25H38N6O8/c26-13-5-4-8-17(29-22(35)16(27)9-12-21(33)34)23(36)31-19(14-15-6-2-1-3-7-15)24(37)30-18(25(38)39)10-11-20(28)32/h1-3,6-7,16-19H,4-5,8-14,26-27H2,(H2,28,32)(H,29,35)(H,30,37)(H,31,36)(H,33,34)(H,38,39). The third kappa shape index (κ3) is 13.4. The van der Waals surface area contributed by atoms with Crippen LogP contribution in [0, 0.1) is 0 Å². The first-order valence-electron chi connectivity index (χ1n) is 12.6. The van der Waals surface area contributed by atoms with Crippen molar-refractivity contribution in [1.29, 1.82) is 0 Å². The molecule has 216 valence electrons. The Kier molecular flexibility index (Phi) is 14.8. The minimum absolute atomic E-state index is 0.00215. The molecule has 14 heteroatoms. The van der Waals surface area contributed by atoms with Crippen molar-refractivity contribution < 1.29 is 39.0 Å². The molecule has 0 bridgehead atoms. The smallest absolute Gasteiger partial charge is 0.326 e. The van der Waals surface area contributed by atoms with Gasteiger partial charge in [0.25, 0.3) is 0 Å². The van der Waals surface area contributed by atoms with Gasteiger partial charge in [0.1, 0.15) is 18.1 Å². The van der Waals surface area contributed by atoms with Crippen LogP contribution in [0.4, 0.5) is 0 Å². The number of rotatable bonds is 19. The number of primary amides is 1. The third-order valence-electron chi connectivity index (χ3n) is 5.80. The Morgan fingerprint density at radius 3 is 1.90 bits per heavy atom. The van der Waals surface area contributed by atoms with Crippen molar-refractivity contribution in [3.63, 3.8) is 0 Å². The van der Waals surface area contributed by atoms with Gasteiger partial charge in [0, 0.05) is 19.3 Å². The van der Waals surface area contributed by atoms with Gasteiger partial charge in [-0.15, -0.1) is 0 Å². The van der Waals surface area contributed by atoms with Crippen LogP contribution in [-0.4, -0.2) is 76.5 Å². The van der Waals surface area contributed by atoms with Gasteiger partial charge < -0.3 is 43.4 Å². The largest absolute Gasteiger partial charge is 0.481 e. The second-order valence-corrected chi connectivity index (χ2v) is 9.04. The van der Waals surface area contributed by atoms with Crippen LogP contribution >= 0.6 is 0 Å². The fourth-order valence-electron chi connectivity index (χ4n) is 3.60. The van der Waals surface area contributed by atoms with Crippen LogP contribution in [0.15, 0.2) is 30.3 Å². The summed E-state index contributed by atoms with van der Waals surface area (Å²) in [7, 11) is 0. The number of amides is 4. The molecule has 0 fully saturated rings. The molecular weight excluding hydrogens is 512 g/mol. The maximum atomic E-state index is 13.3. The topological polar surface area (TPSA) is 257 Å². The first kappa shape index (κ1) is 33.0. The van der Waals surface area contributed by atoms with Gasteiger partial charge >= 0.3 is 11.9 Å². The Bertz CT molecular complexity index is 990. The quantitative estimate of drug-likeness (QED) is 0.0910. The lowest BCUT2D eigenvalue weighted by Gasteiger charge is -2.25. The maximum Gasteiger partial charge on any atom is 0.326 e. The van der Waals surface area contributed by atoms with Crippen molar-refractivity contribution in [3.8, 4) is 0 Å². The lowest BCUT2D eigenvalue weighted by molar-refractivity contribution is -0.142. The first-order valence-corrected chi connectivity index (χ1v) is 12.6. The molecular formula is C25H38N6O8. The van der Waals surface area contributed by atoms with Gasteiger partial charge in [0.2, 0.25) is 23.6 Å². The molecule has 0 aromatic heterocycles. The molecule has 0 aliphatic heterocycles. The van der Waals surface area contributed by atoms with E-state index in [-0.39, 0.29) is 38.5 Å². The molecule has 39 heavy (non-hydrogen) atoms. The van der Waals surface area contributed by atoms with E-state index >= 15 is 0 Å². The number of nitrogens with one attached hydrogen (secondary N) is 3. The zero-order valence-electron chi connectivity index (χ0n) is 21.6. The molecule has 4 amide bonds. The number of benzene rings is 1.